The van der Waals surface area contributed by atoms with Crippen LogP contribution in [-0.2, 0) is 20.7 Å². The molecule has 1 aromatic carbocycles. The second kappa shape index (κ2) is 7.25. The average molecular weight is 335 g/mol. The van der Waals surface area contributed by atoms with Crippen molar-refractivity contribution in [1.29, 1.82) is 0 Å². The number of nitrogens with zero attached hydrogens (tertiary/aromatic N) is 1. The summed E-state index contributed by atoms with van der Waals surface area (Å²) in [6.07, 6.45) is 2.72. The second-order valence-corrected chi connectivity index (χ2v) is 6.79. The number of esters is 1. The minimum Gasteiger partial charge on any atom is -0.493 e. The third-order valence-corrected chi connectivity index (χ3v) is 5.28. The normalized spacial score (nSPS) is 19.6. The number of hydrogen-bond acceptors (Lipinski definition) is 5. The van der Waals surface area contributed by atoms with Crippen molar-refractivity contribution >= 4 is 23.6 Å². The molecule has 1 amide bonds. The van der Waals surface area contributed by atoms with Crippen molar-refractivity contribution in [3.05, 3.63) is 29.3 Å². The molecule has 0 radical (unpaired) electrons. The molecule has 1 unspecified atom stereocenters. The Morgan fingerprint density at radius 3 is 3.17 bits per heavy atom. The Morgan fingerprint density at radius 1 is 1.48 bits per heavy atom. The minimum atomic E-state index is -0.330. The van der Waals surface area contributed by atoms with Crippen LogP contribution in [0.15, 0.2) is 18.2 Å². The SMILES string of the molecule is CCCCOC(=O)CN1C(=O)CSC1c1ccc2c(c1)CCO2. The van der Waals surface area contributed by atoms with E-state index in [0.717, 1.165) is 30.6 Å². The number of benzene rings is 1. The van der Waals surface area contributed by atoms with Gasteiger partial charge in [0.05, 0.1) is 19.0 Å². The van der Waals surface area contributed by atoms with E-state index >= 15 is 0 Å². The number of rotatable bonds is 6. The summed E-state index contributed by atoms with van der Waals surface area (Å²) in [6.45, 7) is 3.20. The number of hydrogen-bond donors (Lipinski definition) is 0. The van der Waals surface area contributed by atoms with E-state index in [0.29, 0.717) is 19.0 Å². The monoisotopic (exact) mass is 335 g/mol. The maximum absolute atomic E-state index is 12.1. The first-order valence-electron chi connectivity index (χ1n) is 8.01. The first-order valence-corrected chi connectivity index (χ1v) is 9.06. The topological polar surface area (TPSA) is 55.8 Å². The fourth-order valence-electron chi connectivity index (χ4n) is 2.78. The highest BCUT2D eigenvalue weighted by Crippen LogP contribution is 2.40. The van der Waals surface area contributed by atoms with Gasteiger partial charge in [0.15, 0.2) is 0 Å². The van der Waals surface area contributed by atoms with Crippen LogP contribution in [0, 0.1) is 0 Å². The van der Waals surface area contributed by atoms with Gasteiger partial charge in [-0.3, -0.25) is 9.59 Å². The fourth-order valence-corrected chi connectivity index (χ4v) is 3.95. The molecule has 1 saturated heterocycles. The maximum Gasteiger partial charge on any atom is 0.325 e. The molecule has 1 atom stereocenters. The molecule has 23 heavy (non-hydrogen) atoms. The van der Waals surface area contributed by atoms with Crippen LogP contribution < -0.4 is 4.74 Å². The van der Waals surface area contributed by atoms with E-state index in [2.05, 4.69) is 6.07 Å². The van der Waals surface area contributed by atoms with Gasteiger partial charge in [0, 0.05) is 6.42 Å². The molecule has 0 N–H and O–H groups in total. The van der Waals surface area contributed by atoms with E-state index in [1.165, 1.54) is 5.56 Å². The van der Waals surface area contributed by atoms with Gasteiger partial charge in [0.2, 0.25) is 5.91 Å². The van der Waals surface area contributed by atoms with Gasteiger partial charge >= 0.3 is 5.97 Å². The number of amides is 1. The van der Waals surface area contributed by atoms with E-state index < -0.39 is 0 Å². The Labute approximate surface area is 140 Å². The first-order chi connectivity index (χ1) is 11.2. The standard InChI is InChI=1S/C17H21NO4S/c1-2-3-7-22-16(20)10-18-15(19)11-23-17(18)13-4-5-14-12(9-13)6-8-21-14/h4-5,9,17H,2-3,6-8,10-11H2,1H3. The van der Waals surface area contributed by atoms with Crippen LogP contribution in [0.1, 0.15) is 36.3 Å². The van der Waals surface area contributed by atoms with Crippen LogP contribution in [0.25, 0.3) is 0 Å². The van der Waals surface area contributed by atoms with E-state index in [1.807, 2.05) is 19.1 Å². The molecule has 1 fully saturated rings. The summed E-state index contributed by atoms with van der Waals surface area (Å²) in [4.78, 5) is 25.7. The third-order valence-electron chi connectivity index (χ3n) is 4.03. The first kappa shape index (κ1) is 16.2. The molecule has 6 heteroatoms. The summed E-state index contributed by atoms with van der Waals surface area (Å²) in [6, 6.07) is 6.03. The summed E-state index contributed by atoms with van der Waals surface area (Å²) >= 11 is 1.56. The summed E-state index contributed by atoms with van der Waals surface area (Å²) in [5, 5.41) is -0.118. The van der Waals surface area contributed by atoms with Crippen molar-refractivity contribution in [2.75, 3.05) is 25.5 Å². The molecule has 124 valence electrons. The summed E-state index contributed by atoms with van der Waals surface area (Å²) in [7, 11) is 0. The molecule has 2 aliphatic rings. The number of thioether (sulfide) groups is 1. The number of fused-ring (bicyclic) bond motifs is 1. The van der Waals surface area contributed by atoms with Crippen molar-refractivity contribution < 1.29 is 19.1 Å². The predicted octanol–water partition coefficient (Wildman–Crippen LogP) is 2.54. The van der Waals surface area contributed by atoms with E-state index in [-0.39, 0.29) is 23.8 Å². The van der Waals surface area contributed by atoms with Gasteiger partial charge in [0.25, 0.3) is 0 Å². The lowest BCUT2D eigenvalue weighted by atomic mass is 10.1. The summed E-state index contributed by atoms with van der Waals surface area (Å²) in [5.74, 6) is 0.988. The van der Waals surface area contributed by atoms with Crippen LogP contribution in [0.4, 0.5) is 0 Å². The van der Waals surface area contributed by atoms with Gasteiger partial charge in [-0.1, -0.05) is 19.4 Å². The highest BCUT2D eigenvalue weighted by molar-refractivity contribution is 8.00. The molecule has 0 saturated carbocycles. The maximum atomic E-state index is 12.1. The highest BCUT2D eigenvalue weighted by atomic mass is 32.2. The fraction of sp³-hybridized carbons (Fsp3) is 0.529. The van der Waals surface area contributed by atoms with Gasteiger partial charge < -0.3 is 14.4 Å². The molecular weight excluding hydrogens is 314 g/mol. The van der Waals surface area contributed by atoms with Crippen molar-refractivity contribution in [3.8, 4) is 5.75 Å². The van der Waals surface area contributed by atoms with Crippen molar-refractivity contribution in [2.24, 2.45) is 0 Å². The lowest BCUT2D eigenvalue weighted by molar-refractivity contribution is -0.148. The van der Waals surface area contributed by atoms with Crippen LogP contribution >= 0.6 is 11.8 Å². The van der Waals surface area contributed by atoms with Crippen LogP contribution in [0.3, 0.4) is 0 Å². The highest BCUT2D eigenvalue weighted by Gasteiger charge is 2.35. The van der Waals surface area contributed by atoms with Crippen molar-refractivity contribution in [2.45, 2.75) is 31.6 Å². The quantitative estimate of drug-likeness (QED) is 0.591. The zero-order valence-corrected chi connectivity index (χ0v) is 14.1. The Hall–Kier alpha value is -1.69. The molecule has 2 aliphatic heterocycles. The lowest BCUT2D eigenvalue weighted by Crippen LogP contribution is -2.34. The number of carbonyl (C=O) groups is 2. The van der Waals surface area contributed by atoms with Crippen LogP contribution in [0.2, 0.25) is 0 Å². The Bertz CT molecular complexity index is 604. The largest absolute Gasteiger partial charge is 0.493 e. The third kappa shape index (κ3) is 3.63. The Balaban J connectivity index is 1.68. The molecule has 2 heterocycles. The molecular formula is C17H21NO4S. The predicted molar refractivity (Wildman–Crippen MR) is 88.4 cm³/mol. The second-order valence-electron chi connectivity index (χ2n) is 5.72. The molecule has 1 aromatic rings. The number of unbranched alkanes of at least 4 members (excludes halogenated alkanes) is 1. The van der Waals surface area contributed by atoms with Gasteiger partial charge in [-0.25, -0.2) is 0 Å². The number of carbonyl (C=O) groups excluding carboxylic acids is 2. The zero-order chi connectivity index (χ0) is 16.2. The van der Waals surface area contributed by atoms with Crippen LogP contribution in [0.5, 0.6) is 5.75 Å². The Kier molecular flexibility index (Phi) is 5.10. The van der Waals surface area contributed by atoms with Gasteiger partial charge in [-0.05, 0) is 29.7 Å². The molecule has 0 aliphatic carbocycles. The summed E-state index contributed by atoms with van der Waals surface area (Å²) in [5.41, 5.74) is 2.22. The van der Waals surface area contributed by atoms with E-state index in [4.69, 9.17) is 9.47 Å². The molecule has 5 nitrogen and oxygen atoms in total. The molecule has 3 rings (SSSR count). The smallest absolute Gasteiger partial charge is 0.325 e. The van der Waals surface area contributed by atoms with Crippen molar-refractivity contribution in [3.63, 3.8) is 0 Å². The Morgan fingerprint density at radius 2 is 2.35 bits per heavy atom. The molecule has 0 aromatic heterocycles. The molecule has 0 bridgehead atoms. The summed E-state index contributed by atoms with van der Waals surface area (Å²) < 4.78 is 10.7. The van der Waals surface area contributed by atoms with Gasteiger partial charge in [0.1, 0.15) is 17.7 Å². The zero-order valence-electron chi connectivity index (χ0n) is 13.2. The number of ether oxygens (including phenoxy) is 2. The van der Waals surface area contributed by atoms with Gasteiger partial charge in [-0.2, -0.15) is 0 Å². The van der Waals surface area contributed by atoms with E-state index in [9.17, 15) is 9.59 Å². The van der Waals surface area contributed by atoms with Gasteiger partial charge in [-0.15, -0.1) is 11.8 Å². The molecule has 0 spiro atoms. The lowest BCUT2D eigenvalue weighted by Gasteiger charge is -2.23. The minimum absolute atomic E-state index is 0.0100. The van der Waals surface area contributed by atoms with Crippen molar-refractivity contribution in [1.82, 2.24) is 4.90 Å². The van der Waals surface area contributed by atoms with Crippen LogP contribution in [-0.4, -0.2) is 42.3 Å². The average Bonchev–Trinajstić information content (AvgIpc) is 3.14. The van der Waals surface area contributed by atoms with E-state index in [1.54, 1.807) is 16.7 Å².